The van der Waals surface area contributed by atoms with Gasteiger partial charge in [0.05, 0.1) is 29.7 Å². The fraction of sp³-hybridized carbons (Fsp3) is 0.263. The predicted octanol–water partition coefficient (Wildman–Crippen LogP) is 6.29. The van der Waals surface area contributed by atoms with Gasteiger partial charge in [0.2, 0.25) is 11.8 Å². The van der Waals surface area contributed by atoms with Gasteiger partial charge in [0.15, 0.2) is 18.1 Å². The molecule has 5 aromatic rings. The van der Waals surface area contributed by atoms with E-state index in [9.17, 15) is 19.2 Å². The third-order valence-electron chi connectivity index (χ3n) is 10.7. The molecule has 7 atom stereocenters. The van der Waals surface area contributed by atoms with E-state index in [1.54, 1.807) is 18.9 Å². The molecule has 0 radical (unpaired) electrons. The van der Waals surface area contributed by atoms with Crippen molar-refractivity contribution >= 4 is 63.0 Å². The van der Waals surface area contributed by atoms with E-state index in [4.69, 9.17) is 9.47 Å². The third kappa shape index (κ3) is 4.74. The minimum absolute atomic E-state index is 0.00676. The first-order valence-electron chi connectivity index (χ1n) is 16.3. The Balaban J connectivity index is 1.00. The first-order chi connectivity index (χ1) is 23.9. The summed E-state index contributed by atoms with van der Waals surface area (Å²) in [6.45, 7) is -0.214. The van der Waals surface area contributed by atoms with Crippen LogP contribution in [0.1, 0.15) is 22.8 Å². The Hall–Kier alpha value is -4.87. The average molecular weight is 690 g/mol. The zero-order valence-corrected chi connectivity index (χ0v) is 28.0. The van der Waals surface area contributed by atoms with Gasteiger partial charge in [-0.2, -0.15) is 0 Å². The van der Waals surface area contributed by atoms with Gasteiger partial charge in [0.1, 0.15) is 0 Å². The lowest BCUT2D eigenvalue weighted by molar-refractivity contribution is -0.123. The van der Waals surface area contributed by atoms with Crippen LogP contribution < -0.4 is 24.6 Å². The highest BCUT2D eigenvalue weighted by Crippen LogP contribution is 2.68. The van der Waals surface area contributed by atoms with Gasteiger partial charge in [-0.25, -0.2) is 0 Å². The molecule has 4 aliphatic rings. The van der Waals surface area contributed by atoms with Gasteiger partial charge >= 0.3 is 4.87 Å². The summed E-state index contributed by atoms with van der Waals surface area (Å²) in [6.07, 6.45) is 0.803. The van der Waals surface area contributed by atoms with Crippen molar-refractivity contribution in [2.45, 2.75) is 22.6 Å². The van der Waals surface area contributed by atoms with Crippen LogP contribution in [0.15, 0.2) is 101 Å². The highest BCUT2D eigenvalue weighted by Gasteiger charge is 2.69. The Morgan fingerprint density at radius 2 is 1.65 bits per heavy atom. The number of aromatic nitrogens is 1. The molecule has 4 aromatic carbocycles. The van der Waals surface area contributed by atoms with Gasteiger partial charge < -0.3 is 19.8 Å². The number of nitrogens with one attached hydrogen (secondary N) is 2. The lowest BCUT2D eigenvalue weighted by Gasteiger charge is -2.43. The predicted molar refractivity (Wildman–Crippen MR) is 188 cm³/mol. The molecule has 246 valence electrons. The Labute approximate surface area is 289 Å². The summed E-state index contributed by atoms with van der Waals surface area (Å²) < 4.78 is 11.8. The molecule has 11 heteroatoms. The third-order valence-corrected chi connectivity index (χ3v) is 13.3. The van der Waals surface area contributed by atoms with Crippen LogP contribution in [0.5, 0.6) is 11.5 Å². The number of thiazole rings is 1. The number of para-hydroxylation sites is 1. The molecule has 1 aromatic heterocycles. The molecule has 1 saturated heterocycles. The number of methoxy groups -OCH3 is 1. The number of carbonyl (C=O) groups excluding carboxylic acids is 3. The maximum Gasteiger partial charge on any atom is 0.305 e. The number of rotatable bonds is 7. The van der Waals surface area contributed by atoms with E-state index in [0.717, 1.165) is 32.7 Å². The number of nitrogens with zero attached hydrogens (tertiary/aromatic N) is 1. The van der Waals surface area contributed by atoms with Crippen molar-refractivity contribution in [1.29, 1.82) is 0 Å². The fourth-order valence-electron chi connectivity index (χ4n) is 8.88. The van der Waals surface area contributed by atoms with Crippen molar-refractivity contribution in [3.8, 4) is 11.5 Å². The number of fused-ring (bicyclic) bond motifs is 10. The number of hydrogen-bond acceptors (Lipinski definition) is 8. The molecular formula is C38H31N3O6S2. The van der Waals surface area contributed by atoms with Crippen LogP contribution in [0, 0.1) is 29.6 Å². The van der Waals surface area contributed by atoms with E-state index in [2.05, 4.69) is 10.3 Å². The largest absolute Gasteiger partial charge is 0.493 e. The topological polar surface area (TPSA) is 118 Å². The van der Waals surface area contributed by atoms with Crippen molar-refractivity contribution in [1.82, 2.24) is 4.98 Å². The zero-order chi connectivity index (χ0) is 33.4. The molecule has 0 spiro atoms. The summed E-state index contributed by atoms with van der Waals surface area (Å²) in [5.41, 5.74) is 2.27. The first-order valence-corrected chi connectivity index (χ1v) is 18.0. The standard InChI is InChI=1S/C38H31N3O6S2/c1-46-27-16-20(14-15-26(27)47-18-28(42)39-25-13-7-9-19-8-5-6-12-22(19)25)29-30-23-17-24(33(30)48-35-34(29)49-38(45)40-35)32-31(23)36(43)41(37(32)44)21-10-3-2-4-11-21/h2-16,23-24,29-33H,17-18H2,1H3,(H,39,42)(H,40,45)/t23-,24-,29+,30-,31+,32+,33-/m1/s1. The number of imide groups is 1. The van der Waals surface area contributed by atoms with E-state index in [-0.39, 0.29) is 70.0 Å². The lowest BCUT2D eigenvalue weighted by Crippen LogP contribution is -2.42. The SMILES string of the molecule is COc1cc([C@@H]2c3sc(=O)[nH]c3S[C@@H]3[C@@H]4C[C@@H]([C@@H]5C(=O)N(c6ccccc6)C(=O)[C@@H]45)[C@H]23)ccc1OCC(=O)Nc1cccc2ccccc12. The maximum absolute atomic E-state index is 14.0. The van der Waals surface area contributed by atoms with Gasteiger partial charge in [0, 0.05) is 27.1 Å². The zero-order valence-electron chi connectivity index (χ0n) is 26.3. The summed E-state index contributed by atoms with van der Waals surface area (Å²) in [6, 6.07) is 28.5. The number of thioether (sulfide) groups is 1. The smallest absolute Gasteiger partial charge is 0.305 e. The molecule has 2 N–H and O–H groups in total. The van der Waals surface area contributed by atoms with Gasteiger partial charge in [-0.1, -0.05) is 72.0 Å². The fourth-order valence-corrected chi connectivity index (χ4v) is 11.8. The Kier molecular flexibility index (Phi) is 7.17. The molecule has 3 amide bonds. The van der Waals surface area contributed by atoms with Gasteiger partial charge in [-0.05, 0) is 65.5 Å². The number of H-pyrrole nitrogens is 1. The molecule has 2 saturated carbocycles. The molecular weight excluding hydrogens is 659 g/mol. The highest BCUT2D eigenvalue weighted by atomic mass is 32.2. The van der Waals surface area contributed by atoms with Crippen LogP contribution in [-0.4, -0.2) is 41.7 Å². The molecule has 49 heavy (non-hydrogen) atoms. The molecule has 9 nitrogen and oxygen atoms in total. The molecule has 0 unspecified atom stereocenters. The number of aromatic amines is 1. The highest BCUT2D eigenvalue weighted by molar-refractivity contribution is 8.00. The Morgan fingerprint density at radius 3 is 2.47 bits per heavy atom. The molecule has 2 aliphatic heterocycles. The van der Waals surface area contributed by atoms with Crippen LogP contribution in [0.4, 0.5) is 11.4 Å². The summed E-state index contributed by atoms with van der Waals surface area (Å²) in [5.74, 6) is -0.482. The summed E-state index contributed by atoms with van der Waals surface area (Å²) >= 11 is 2.86. The number of hydrogen-bond donors (Lipinski definition) is 2. The number of ether oxygens (including phenoxy) is 2. The number of anilines is 2. The van der Waals surface area contributed by atoms with E-state index >= 15 is 0 Å². The summed E-state index contributed by atoms with van der Waals surface area (Å²) in [7, 11) is 1.56. The number of benzene rings is 4. The number of amides is 3. The van der Waals surface area contributed by atoms with E-state index in [0.29, 0.717) is 22.9 Å². The molecule has 2 aliphatic carbocycles. The molecule has 9 rings (SSSR count). The van der Waals surface area contributed by atoms with Crippen LogP contribution in [-0.2, 0) is 14.4 Å². The lowest BCUT2D eigenvalue weighted by atomic mass is 9.68. The molecule has 2 bridgehead atoms. The van der Waals surface area contributed by atoms with Gasteiger partial charge in [-0.3, -0.25) is 24.1 Å². The van der Waals surface area contributed by atoms with Crippen LogP contribution in [0.25, 0.3) is 10.8 Å². The van der Waals surface area contributed by atoms with Crippen molar-refractivity contribution in [2.24, 2.45) is 29.6 Å². The van der Waals surface area contributed by atoms with Crippen LogP contribution in [0.2, 0.25) is 0 Å². The second-order valence-electron chi connectivity index (χ2n) is 13.1. The quantitative estimate of drug-likeness (QED) is 0.193. The summed E-state index contributed by atoms with van der Waals surface area (Å²) in [4.78, 5) is 58.8. The van der Waals surface area contributed by atoms with Crippen LogP contribution in [0.3, 0.4) is 0 Å². The second-order valence-corrected chi connectivity index (χ2v) is 15.3. The summed E-state index contributed by atoms with van der Waals surface area (Å²) in [5, 5.41) is 5.84. The van der Waals surface area contributed by atoms with E-state index in [1.807, 2.05) is 91.0 Å². The Bertz CT molecular complexity index is 2210. The van der Waals surface area contributed by atoms with Crippen molar-refractivity contribution in [3.63, 3.8) is 0 Å². The minimum Gasteiger partial charge on any atom is -0.493 e. The van der Waals surface area contributed by atoms with Gasteiger partial charge in [-0.15, -0.1) is 11.8 Å². The minimum atomic E-state index is -0.385. The van der Waals surface area contributed by atoms with E-state index < -0.39 is 0 Å². The van der Waals surface area contributed by atoms with Crippen LogP contribution >= 0.6 is 23.1 Å². The van der Waals surface area contributed by atoms with Crippen molar-refractivity contribution < 1.29 is 23.9 Å². The molecule has 3 fully saturated rings. The normalized spacial score (nSPS) is 26.4. The first kappa shape index (κ1) is 30.2. The van der Waals surface area contributed by atoms with E-state index in [1.165, 1.54) is 16.2 Å². The Morgan fingerprint density at radius 1 is 0.898 bits per heavy atom. The number of carbonyl (C=O) groups is 3. The van der Waals surface area contributed by atoms with Gasteiger partial charge in [0.25, 0.3) is 5.91 Å². The second kappa shape index (κ2) is 11.6. The molecule has 3 heterocycles. The maximum atomic E-state index is 14.0. The average Bonchev–Trinajstić information content (AvgIpc) is 3.86. The van der Waals surface area contributed by atoms with Crippen molar-refractivity contribution in [2.75, 3.05) is 23.9 Å². The monoisotopic (exact) mass is 689 g/mol. The van der Waals surface area contributed by atoms with Crippen molar-refractivity contribution in [3.05, 3.63) is 111 Å².